The molecule has 3 aromatic rings. The first-order valence-electron chi connectivity index (χ1n) is 7.82. The molecule has 3 rings (SSSR count). The maximum Gasteiger partial charge on any atom is 0.269 e. The fourth-order valence-corrected chi connectivity index (χ4v) is 2.91. The predicted molar refractivity (Wildman–Crippen MR) is 97.2 cm³/mol. The molecule has 26 heavy (non-hydrogen) atoms. The number of aromatic nitrogens is 2. The van der Waals surface area contributed by atoms with Gasteiger partial charge in [-0.15, -0.1) is 0 Å². The van der Waals surface area contributed by atoms with E-state index in [1.807, 2.05) is 12.1 Å². The second-order valence-electron chi connectivity index (χ2n) is 5.70. The molecule has 0 aliphatic carbocycles. The van der Waals surface area contributed by atoms with Crippen LogP contribution in [0.2, 0.25) is 0 Å². The SMILES string of the molecule is Cc1cc(OCc2ccc(F)cc2F)c(Br)c(=O)n1Cc1ccccn1. The molecule has 2 aromatic heterocycles. The maximum atomic E-state index is 13.7. The van der Waals surface area contributed by atoms with E-state index in [-0.39, 0.29) is 22.2 Å². The molecule has 2 heterocycles. The van der Waals surface area contributed by atoms with Gasteiger partial charge in [0.05, 0.1) is 12.2 Å². The first kappa shape index (κ1) is 18.3. The molecule has 0 N–H and O–H groups in total. The monoisotopic (exact) mass is 420 g/mol. The van der Waals surface area contributed by atoms with Gasteiger partial charge in [0.2, 0.25) is 0 Å². The van der Waals surface area contributed by atoms with Gasteiger partial charge in [-0.05, 0) is 47.1 Å². The number of nitrogens with zero attached hydrogens (tertiary/aromatic N) is 2. The van der Waals surface area contributed by atoms with Gasteiger partial charge < -0.3 is 9.30 Å². The van der Waals surface area contributed by atoms with Crippen LogP contribution in [0.1, 0.15) is 17.0 Å². The number of halogens is 3. The van der Waals surface area contributed by atoms with E-state index in [0.717, 1.165) is 17.8 Å². The van der Waals surface area contributed by atoms with Gasteiger partial charge in [-0.25, -0.2) is 8.78 Å². The molecule has 0 atom stereocenters. The van der Waals surface area contributed by atoms with Crippen LogP contribution in [0, 0.1) is 18.6 Å². The lowest BCUT2D eigenvalue weighted by atomic mass is 10.2. The van der Waals surface area contributed by atoms with Gasteiger partial charge in [0, 0.05) is 29.6 Å². The summed E-state index contributed by atoms with van der Waals surface area (Å²) in [5.41, 5.74) is 1.36. The van der Waals surface area contributed by atoms with Crippen molar-refractivity contribution in [3.8, 4) is 5.75 Å². The summed E-state index contributed by atoms with van der Waals surface area (Å²) >= 11 is 3.25. The highest BCUT2D eigenvalue weighted by atomic mass is 79.9. The van der Waals surface area contributed by atoms with Crippen LogP contribution in [0.5, 0.6) is 5.75 Å². The van der Waals surface area contributed by atoms with Crippen molar-refractivity contribution < 1.29 is 13.5 Å². The maximum absolute atomic E-state index is 13.7. The molecule has 0 saturated heterocycles. The summed E-state index contributed by atoms with van der Waals surface area (Å²) < 4.78 is 34.1. The van der Waals surface area contributed by atoms with Crippen LogP contribution < -0.4 is 10.3 Å². The number of benzene rings is 1. The Hall–Kier alpha value is -2.54. The topological polar surface area (TPSA) is 44.1 Å². The smallest absolute Gasteiger partial charge is 0.269 e. The third-order valence-corrected chi connectivity index (χ3v) is 4.59. The van der Waals surface area contributed by atoms with E-state index in [9.17, 15) is 13.6 Å². The summed E-state index contributed by atoms with van der Waals surface area (Å²) in [5.74, 6) is -1.05. The molecule has 1 aromatic carbocycles. The first-order chi connectivity index (χ1) is 12.5. The fraction of sp³-hybridized carbons (Fsp3) is 0.158. The Morgan fingerprint density at radius 1 is 1.19 bits per heavy atom. The van der Waals surface area contributed by atoms with E-state index in [1.54, 1.807) is 29.8 Å². The van der Waals surface area contributed by atoms with Gasteiger partial charge in [0.15, 0.2) is 0 Å². The van der Waals surface area contributed by atoms with Gasteiger partial charge in [-0.3, -0.25) is 9.78 Å². The van der Waals surface area contributed by atoms with E-state index >= 15 is 0 Å². The number of hydrogen-bond acceptors (Lipinski definition) is 3. The van der Waals surface area contributed by atoms with Crippen molar-refractivity contribution in [2.45, 2.75) is 20.1 Å². The molecule has 7 heteroatoms. The Morgan fingerprint density at radius 2 is 2.00 bits per heavy atom. The lowest BCUT2D eigenvalue weighted by Gasteiger charge is -2.14. The Kier molecular flexibility index (Phi) is 5.46. The zero-order chi connectivity index (χ0) is 18.7. The van der Waals surface area contributed by atoms with Crippen LogP contribution in [0.4, 0.5) is 8.78 Å². The average Bonchev–Trinajstić information content (AvgIpc) is 2.63. The van der Waals surface area contributed by atoms with Crippen LogP contribution in [0.3, 0.4) is 0 Å². The Morgan fingerprint density at radius 3 is 2.69 bits per heavy atom. The summed E-state index contributed by atoms with van der Waals surface area (Å²) in [5, 5.41) is 0. The second kappa shape index (κ2) is 7.78. The van der Waals surface area contributed by atoms with Crippen molar-refractivity contribution in [1.82, 2.24) is 9.55 Å². The Labute approximate surface area is 157 Å². The molecule has 0 amide bonds. The molecule has 0 spiro atoms. The highest BCUT2D eigenvalue weighted by Crippen LogP contribution is 2.24. The van der Waals surface area contributed by atoms with Gasteiger partial charge in [-0.1, -0.05) is 6.07 Å². The molecule has 0 aliphatic rings. The van der Waals surface area contributed by atoms with Gasteiger partial charge in [0.25, 0.3) is 5.56 Å². The summed E-state index contributed by atoms with van der Waals surface area (Å²) in [6.45, 7) is 1.99. The minimum absolute atomic E-state index is 0.117. The molecule has 0 unspecified atom stereocenters. The van der Waals surface area contributed by atoms with Crippen LogP contribution in [-0.2, 0) is 13.2 Å². The quantitative estimate of drug-likeness (QED) is 0.620. The van der Waals surface area contributed by atoms with Crippen molar-refractivity contribution in [2.75, 3.05) is 0 Å². The summed E-state index contributed by atoms with van der Waals surface area (Å²) in [6, 6.07) is 10.5. The largest absolute Gasteiger partial charge is 0.487 e. The van der Waals surface area contributed by atoms with Gasteiger partial charge in [-0.2, -0.15) is 0 Å². The number of rotatable bonds is 5. The summed E-state index contributed by atoms with van der Waals surface area (Å²) in [6.07, 6.45) is 1.67. The predicted octanol–water partition coefficient (Wildman–Crippen LogP) is 4.22. The van der Waals surface area contributed by atoms with Crippen LogP contribution in [0.15, 0.2) is 57.9 Å². The number of aryl methyl sites for hydroxylation is 1. The lowest BCUT2D eigenvalue weighted by molar-refractivity contribution is 0.295. The van der Waals surface area contributed by atoms with Crippen molar-refractivity contribution >= 4 is 15.9 Å². The lowest BCUT2D eigenvalue weighted by Crippen LogP contribution is -2.24. The van der Waals surface area contributed by atoms with E-state index < -0.39 is 11.6 Å². The molecule has 0 radical (unpaired) electrons. The molecular formula is C19H15BrF2N2O2. The van der Waals surface area contributed by atoms with Crippen LogP contribution in [-0.4, -0.2) is 9.55 Å². The molecule has 0 bridgehead atoms. The third-order valence-electron chi connectivity index (χ3n) is 3.86. The van der Waals surface area contributed by atoms with Gasteiger partial charge >= 0.3 is 0 Å². The fourth-order valence-electron chi connectivity index (χ4n) is 2.46. The van der Waals surface area contributed by atoms with Gasteiger partial charge in [0.1, 0.15) is 28.5 Å². The standard InChI is InChI=1S/C19H15BrF2N2O2/c1-12-8-17(26-11-13-5-6-14(21)9-16(13)22)18(20)19(25)24(12)10-15-4-2-3-7-23-15/h2-9H,10-11H2,1H3. The first-order valence-corrected chi connectivity index (χ1v) is 8.61. The molecule has 0 aliphatic heterocycles. The molecule has 134 valence electrons. The van der Waals surface area contributed by atoms with Crippen molar-refractivity contribution in [3.05, 3.63) is 92.1 Å². The van der Waals surface area contributed by atoms with E-state index in [1.165, 1.54) is 6.07 Å². The van der Waals surface area contributed by atoms with Crippen molar-refractivity contribution in [3.63, 3.8) is 0 Å². The third kappa shape index (κ3) is 3.99. The Balaban J connectivity index is 1.84. The molecule has 0 saturated carbocycles. The van der Waals surface area contributed by atoms with Crippen LogP contribution in [0.25, 0.3) is 0 Å². The number of pyridine rings is 2. The zero-order valence-corrected chi connectivity index (χ0v) is 15.5. The molecule has 0 fully saturated rings. The van der Waals surface area contributed by atoms with Crippen molar-refractivity contribution in [1.29, 1.82) is 0 Å². The highest BCUT2D eigenvalue weighted by molar-refractivity contribution is 9.10. The molecular weight excluding hydrogens is 406 g/mol. The number of ether oxygens (including phenoxy) is 1. The van der Waals surface area contributed by atoms with Crippen LogP contribution >= 0.6 is 15.9 Å². The number of hydrogen-bond donors (Lipinski definition) is 0. The minimum atomic E-state index is -0.693. The average molecular weight is 421 g/mol. The normalized spacial score (nSPS) is 10.8. The summed E-state index contributed by atoms with van der Waals surface area (Å²) in [7, 11) is 0. The Bertz CT molecular complexity index is 991. The van der Waals surface area contributed by atoms with Crippen molar-refractivity contribution in [2.24, 2.45) is 0 Å². The van der Waals surface area contributed by atoms with E-state index in [2.05, 4.69) is 20.9 Å². The van der Waals surface area contributed by atoms with E-state index in [4.69, 9.17) is 4.74 Å². The molecule has 4 nitrogen and oxygen atoms in total. The summed E-state index contributed by atoms with van der Waals surface area (Å²) in [4.78, 5) is 16.8. The second-order valence-corrected chi connectivity index (χ2v) is 6.49. The minimum Gasteiger partial charge on any atom is -0.487 e. The highest BCUT2D eigenvalue weighted by Gasteiger charge is 2.14. The zero-order valence-electron chi connectivity index (χ0n) is 13.9. The van der Waals surface area contributed by atoms with E-state index in [0.29, 0.717) is 18.0 Å².